The summed E-state index contributed by atoms with van der Waals surface area (Å²) >= 11 is 0. The molecular weight excluding hydrogens is 198 g/mol. The average molecular weight is 227 g/mol. The van der Waals surface area contributed by atoms with Crippen LogP contribution in [0.5, 0.6) is 0 Å². The molecule has 0 bridgehead atoms. The van der Waals surface area contributed by atoms with E-state index in [1.165, 1.54) is 58.2 Å². The zero-order valence-corrected chi connectivity index (χ0v) is 11.0. The van der Waals surface area contributed by atoms with Crippen LogP contribution < -0.4 is 0 Å². The lowest BCUT2D eigenvalue weighted by atomic mass is 9.89. The van der Waals surface area contributed by atoms with Crippen molar-refractivity contribution in [1.82, 2.24) is 4.90 Å². The highest BCUT2D eigenvalue weighted by Crippen LogP contribution is 2.24. The molecular formula is C14H29NO. The number of nitrogens with zero attached hydrogens (tertiary/aromatic N) is 1. The highest BCUT2D eigenvalue weighted by atomic mass is 16.2. The van der Waals surface area contributed by atoms with E-state index in [9.17, 15) is 0 Å². The van der Waals surface area contributed by atoms with E-state index in [4.69, 9.17) is 5.11 Å². The monoisotopic (exact) mass is 227 g/mol. The fraction of sp³-hybridized carbons (Fsp3) is 1.00. The van der Waals surface area contributed by atoms with Gasteiger partial charge in [-0.1, -0.05) is 26.2 Å². The third kappa shape index (κ3) is 5.86. The summed E-state index contributed by atoms with van der Waals surface area (Å²) in [4.78, 5) is 2.62. The van der Waals surface area contributed by atoms with Gasteiger partial charge in [0.25, 0.3) is 0 Å². The zero-order valence-electron chi connectivity index (χ0n) is 11.0. The maximum absolute atomic E-state index is 8.81. The van der Waals surface area contributed by atoms with E-state index in [0.717, 1.165) is 18.8 Å². The third-order valence-corrected chi connectivity index (χ3v) is 3.66. The Labute approximate surface area is 101 Å². The molecule has 16 heavy (non-hydrogen) atoms. The molecule has 2 nitrogen and oxygen atoms in total. The first kappa shape index (κ1) is 14.0. The summed E-state index contributed by atoms with van der Waals surface area (Å²) in [6.07, 6.45) is 10.6. The summed E-state index contributed by atoms with van der Waals surface area (Å²) in [6, 6.07) is 0. The third-order valence-electron chi connectivity index (χ3n) is 3.66. The van der Waals surface area contributed by atoms with Gasteiger partial charge in [0.1, 0.15) is 0 Å². The van der Waals surface area contributed by atoms with Gasteiger partial charge < -0.3 is 10.0 Å². The van der Waals surface area contributed by atoms with Gasteiger partial charge in [0.15, 0.2) is 0 Å². The molecule has 1 saturated carbocycles. The van der Waals surface area contributed by atoms with Gasteiger partial charge in [-0.05, 0) is 51.1 Å². The zero-order chi connectivity index (χ0) is 11.6. The van der Waals surface area contributed by atoms with Gasteiger partial charge in [-0.2, -0.15) is 0 Å². The lowest BCUT2D eigenvalue weighted by Crippen LogP contribution is -2.32. The Kier molecular flexibility index (Phi) is 7.87. The number of unbranched alkanes of at least 4 members (excludes halogenated alkanes) is 1. The van der Waals surface area contributed by atoms with Crippen LogP contribution in [0.1, 0.15) is 58.3 Å². The second-order valence-corrected chi connectivity index (χ2v) is 5.24. The second kappa shape index (κ2) is 9.00. The second-order valence-electron chi connectivity index (χ2n) is 5.24. The molecule has 0 saturated heterocycles. The molecule has 0 atom stereocenters. The molecule has 0 aromatic rings. The number of hydrogen-bond acceptors (Lipinski definition) is 2. The molecule has 0 aliphatic heterocycles. The fourth-order valence-corrected chi connectivity index (χ4v) is 2.79. The molecule has 0 radical (unpaired) electrons. The largest absolute Gasteiger partial charge is 0.396 e. The van der Waals surface area contributed by atoms with Crippen LogP contribution in [0.2, 0.25) is 0 Å². The molecule has 1 aliphatic rings. The SMILES string of the molecule is CCCN(CCCCO)CC1CCCCC1. The van der Waals surface area contributed by atoms with Crippen LogP contribution in [0.25, 0.3) is 0 Å². The lowest BCUT2D eigenvalue weighted by Gasteiger charge is -2.29. The van der Waals surface area contributed by atoms with Crippen LogP contribution in [0.3, 0.4) is 0 Å². The lowest BCUT2D eigenvalue weighted by molar-refractivity contribution is 0.191. The Morgan fingerprint density at radius 3 is 2.44 bits per heavy atom. The summed E-state index contributed by atoms with van der Waals surface area (Å²) < 4.78 is 0. The highest BCUT2D eigenvalue weighted by Gasteiger charge is 2.16. The Balaban J connectivity index is 2.19. The molecule has 0 amide bonds. The minimum atomic E-state index is 0.351. The van der Waals surface area contributed by atoms with Crippen molar-refractivity contribution in [3.8, 4) is 0 Å². The number of hydrogen-bond donors (Lipinski definition) is 1. The Bertz CT molecular complexity index is 155. The van der Waals surface area contributed by atoms with Crippen LogP contribution in [0.4, 0.5) is 0 Å². The van der Waals surface area contributed by atoms with Gasteiger partial charge in [-0.25, -0.2) is 0 Å². The van der Waals surface area contributed by atoms with E-state index in [1.807, 2.05) is 0 Å². The van der Waals surface area contributed by atoms with Crippen molar-refractivity contribution in [2.75, 3.05) is 26.2 Å². The predicted octanol–water partition coefficient (Wildman–Crippen LogP) is 3.05. The van der Waals surface area contributed by atoms with E-state index in [1.54, 1.807) is 0 Å². The Morgan fingerprint density at radius 2 is 1.81 bits per heavy atom. The Hall–Kier alpha value is -0.0800. The normalized spacial score (nSPS) is 18.2. The van der Waals surface area contributed by atoms with Gasteiger partial charge in [0.2, 0.25) is 0 Å². The Morgan fingerprint density at radius 1 is 1.06 bits per heavy atom. The molecule has 0 aromatic carbocycles. The molecule has 2 heteroatoms. The average Bonchev–Trinajstić information content (AvgIpc) is 2.31. The molecule has 96 valence electrons. The summed E-state index contributed by atoms with van der Waals surface area (Å²) in [6.45, 7) is 6.34. The van der Waals surface area contributed by atoms with Crippen molar-refractivity contribution >= 4 is 0 Å². The minimum Gasteiger partial charge on any atom is -0.396 e. The first-order valence-electron chi connectivity index (χ1n) is 7.20. The van der Waals surface area contributed by atoms with Crippen molar-refractivity contribution in [1.29, 1.82) is 0 Å². The number of aliphatic hydroxyl groups is 1. The summed E-state index contributed by atoms with van der Waals surface area (Å²) in [5.74, 6) is 0.953. The van der Waals surface area contributed by atoms with Crippen LogP contribution in [-0.4, -0.2) is 36.2 Å². The molecule has 0 heterocycles. The molecule has 0 aromatic heterocycles. The molecule has 0 unspecified atom stereocenters. The van der Waals surface area contributed by atoms with Gasteiger partial charge in [0.05, 0.1) is 0 Å². The fourth-order valence-electron chi connectivity index (χ4n) is 2.79. The smallest absolute Gasteiger partial charge is 0.0431 e. The quantitative estimate of drug-likeness (QED) is 0.644. The van der Waals surface area contributed by atoms with E-state index in [0.29, 0.717) is 6.61 Å². The van der Waals surface area contributed by atoms with E-state index >= 15 is 0 Å². The van der Waals surface area contributed by atoms with E-state index in [-0.39, 0.29) is 0 Å². The molecule has 1 rings (SSSR count). The van der Waals surface area contributed by atoms with Crippen molar-refractivity contribution < 1.29 is 5.11 Å². The predicted molar refractivity (Wildman–Crippen MR) is 69.6 cm³/mol. The van der Waals surface area contributed by atoms with Crippen molar-refractivity contribution in [3.63, 3.8) is 0 Å². The van der Waals surface area contributed by atoms with Gasteiger partial charge in [-0.15, -0.1) is 0 Å². The van der Waals surface area contributed by atoms with Gasteiger partial charge in [-0.3, -0.25) is 0 Å². The highest BCUT2D eigenvalue weighted by molar-refractivity contribution is 4.70. The van der Waals surface area contributed by atoms with Crippen molar-refractivity contribution in [2.24, 2.45) is 5.92 Å². The van der Waals surface area contributed by atoms with E-state index < -0.39 is 0 Å². The summed E-state index contributed by atoms with van der Waals surface area (Å²) in [7, 11) is 0. The standard InChI is InChI=1S/C14H29NO/c1-2-10-15(11-6-7-12-16)13-14-8-4-3-5-9-14/h14,16H,2-13H2,1H3. The first-order chi connectivity index (χ1) is 7.86. The van der Waals surface area contributed by atoms with Gasteiger partial charge in [0, 0.05) is 13.2 Å². The maximum atomic E-state index is 8.81. The van der Waals surface area contributed by atoms with Crippen LogP contribution in [0.15, 0.2) is 0 Å². The minimum absolute atomic E-state index is 0.351. The van der Waals surface area contributed by atoms with Crippen LogP contribution >= 0.6 is 0 Å². The van der Waals surface area contributed by atoms with Crippen LogP contribution in [-0.2, 0) is 0 Å². The van der Waals surface area contributed by atoms with Crippen molar-refractivity contribution in [3.05, 3.63) is 0 Å². The summed E-state index contributed by atoms with van der Waals surface area (Å²) in [5.41, 5.74) is 0. The van der Waals surface area contributed by atoms with Crippen molar-refractivity contribution in [2.45, 2.75) is 58.3 Å². The molecule has 0 spiro atoms. The molecule has 1 aliphatic carbocycles. The number of aliphatic hydroxyl groups excluding tert-OH is 1. The molecule has 1 fully saturated rings. The number of rotatable bonds is 8. The van der Waals surface area contributed by atoms with Gasteiger partial charge >= 0.3 is 0 Å². The topological polar surface area (TPSA) is 23.5 Å². The molecule has 1 N–H and O–H groups in total. The van der Waals surface area contributed by atoms with E-state index in [2.05, 4.69) is 11.8 Å². The summed E-state index contributed by atoms with van der Waals surface area (Å²) in [5, 5.41) is 8.81. The first-order valence-corrected chi connectivity index (χ1v) is 7.20. The van der Waals surface area contributed by atoms with Crippen LogP contribution in [0, 0.1) is 5.92 Å². The maximum Gasteiger partial charge on any atom is 0.0431 e.